The standard InChI is InChI=1S/C22H29ClFN3O4S/c1-21(2,27-32(30,31)17-4-3-15(24)7-16(17)23)11-18(28)26-19-13-5-12-6-14(19)10-22(8-12,9-13)20(25)29/h3-4,7,12-14,19,27H,5-6,8-11H2,1-2H3,(H2,25,29)(H,26,28). The summed E-state index contributed by atoms with van der Waals surface area (Å²) in [6.45, 7) is 3.22. The van der Waals surface area contributed by atoms with Gasteiger partial charge in [0.2, 0.25) is 21.8 Å². The van der Waals surface area contributed by atoms with Crippen LogP contribution in [0.25, 0.3) is 0 Å². The third-order valence-corrected chi connectivity index (χ3v) is 9.50. The summed E-state index contributed by atoms with van der Waals surface area (Å²) in [6, 6.07) is 3.02. The first kappa shape index (κ1) is 23.4. The zero-order chi connectivity index (χ0) is 23.5. The molecule has 7 nitrogen and oxygen atoms in total. The van der Waals surface area contributed by atoms with Crippen molar-refractivity contribution in [3.8, 4) is 0 Å². The molecule has 32 heavy (non-hydrogen) atoms. The van der Waals surface area contributed by atoms with Crippen molar-refractivity contribution in [1.82, 2.24) is 10.0 Å². The van der Waals surface area contributed by atoms with Crippen molar-refractivity contribution < 1.29 is 22.4 Å². The van der Waals surface area contributed by atoms with E-state index >= 15 is 0 Å². The SMILES string of the molecule is CC(C)(CC(=O)NC1C2CC3CC1CC(C(N)=O)(C3)C2)NS(=O)(=O)c1ccc(F)cc1Cl. The minimum absolute atomic E-state index is 0.0227. The Balaban J connectivity index is 1.41. The molecule has 1 aromatic rings. The van der Waals surface area contributed by atoms with Gasteiger partial charge in [-0.25, -0.2) is 17.5 Å². The minimum atomic E-state index is -4.06. The van der Waals surface area contributed by atoms with E-state index in [0.29, 0.717) is 18.8 Å². The molecule has 0 heterocycles. The van der Waals surface area contributed by atoms with E-state index in [0.717, 1.165) is 37.5 Å². The largest absolute Gasteiger partial charge is 0.369 e. The third-order valence-electron chi connectivity index (χ3n) is 7.32. The number of nitrogens with two attached hydrogens (primary N) is 1. The maximum absolute atomic E-state index is 13.3. The number of rotatable bonds is 7. The second kappa shape index (κ2) is 7.95. The van der Waals surface area contributed by atoms with E-state index < -0.39 is 26.8 Å². The number of sulfonamides is 1. The van der Waals surface area contributed by atoms with E-state index in [1.165, 1.54) is 0 Å². The molecule has 0 saturated heterocycles. The number of hydrogen-bond acceptors (Lipinski definition) is 4. The molecule has 0 radical (unpaired) electrons. The lowest BCUT2D eigenvalue weighted by Gasteiger charge is -2.58. The van der Waals surface area contributed by atoms with Crippen LogP contribution in [-0.4, -0.2) is 31.8 Å². The van der Waals surface area contributed by atoms with E-state index in [-0.39, 0.29) is 46.0 Å². The van der Waals surface area contributed by atoms with Crippen LogP contribution in [0.3, 0.4) is 0 Å². The lowest BCUT2D eigenvalue weighted by Crippen LogP contribution is -2.62. The predicted octanol–water partition coefficient (Wildman–Crippen LogP) is 2.72. The average Bonchev–Trinajstić information content (AvgIpc) is 2.62. The second-order valence-electron chi connectivity index (χ2n) is 10.4. The number of halogens is 2. The maximum atomic E-state index is 13.3. The van der Waals surface area contributed by atoms with Crippen molar-refractivity contribution in [3.05, 3.63) is 29.0 Å². The Bertz CT molecular complexity index is 1050. The maximum Gasteiger partial charge on any atom is 0.242 e. The van der Waals surface area contributed by atoms with E-state index in [2.05, 4.69) is 10.0 Å². The van der Waals surface area contributed by atoms with Crippen LogP contribution in [0.5, 0.6) is 0 Å². The van der Waals surface area contributed by atoms with Crippen LogP contribution in [0, 0.1) is 29.0 Å². The van der Waals surface area contributed by atoms with Gasteiger partial charge >= 0.3 is 0 Å². The fourth-order valence-corrected chi connectivity index (χ4v) is 8.29. The summed E-state index contributed by atoms with van der Waals surface area (Å²) in [4.78, 5) is 24.7. The first-order chi connectivity index (χ1) is 14.8. The summed E-state index contributed by atoms with van der Waals surface area (Å²) < 4.78 is 41.3. The molecule has 5 rings (SSSR count). The number of amides is 2. The first-order valence-electron chi connectivity index (χ1n) is 10.9. The lowest BCUT2D eigenvalue weighted by atomic mass is 9.47. The number of carbonyl (C=O) groups is 2. The quantitative estimate of drug-likeness (QED) is 0.550. The van der Waals surface area contributed by atoms with Crippen molar-refractivity contribution >= 4 is 33.4 Å². The summed E-state index contributed by atoms with van der Waals surface area (Å²) in [7, 11) is -4.06. The molecule has 0 spiro atoms. The van der Waals surface area contributed by atoms with Gasteiger partial charge in [0.05, 0.1) is 5.02 Å². The summed E-state index contributed by atoms with van der Waals surface area (Å²) in [5, 5.41) is 2.89. The Hall–Kier alpha value is -1.71. The highest BCUT2D eigenvalue weighted by molar-refractivity contribution is 7.89. The van der Waals surface area contributed by atoms with E-state index in [1.807, 2.05) is 0 Å². The molecule has 0 aromatic heterocycles. The van der Waals surface area contributed by atoms with Gasteiger partial charge in [-0.1, -0.05) is 11.6 Å². The van der Waals surface area contributed by atoms with Crippen molar-refractivity contribution in [1.29, 1.82) is 0 Å². The molecule has 2 atom stereocenters. The van der Waals surface area contributed by atoms with E-state index in [1.54, 1.807) is 13.8 Å². The Morgan fingerprint density at radius 2 is 1.84 bits per heavy atom. The Labute approximate surface area is 192 Å². The molecular formula is C22H29ClFN3O4S. The molecule has 4 aliphatic carbocycles. The molecule has 10 heteroatoms. The monoisotopic (exact) mass is 485 g/mol. The van der Waals surface area contributed by atoms with Gasteiger partial charge in [-0.15, -0.1) is 0 Å². The summed E-state index contributed by atoms with van der Waals surface area (Å²) in [6.07, 6.45) is 4.16. The van der Waals surface area contributed by atoms with Gasteiger partial charge in [-0.3, -0.25) is 9.59 Å². The predicted molar refractivity (Wildman–Crippen MR) is 118 cm³/mol. The van der Waals surface area contributed by atoms with Crippen LogP contribution in [0.2, 0.25) is 5.02 Å². The summed E-state index contributed by atoms with van der Waals surface area (Å²) in [5.41, 5.74) is 4.20. The van der Waals surface area contributed by atoms with Gasteiger partial charge in [0, 0.05) is 23.4 Å². The van der Waals surface area contributed by atoms with Crippen molar-refractivity contribution in [3.63, 3.8) is 0 Å². The number of nitrogens with one attached hydrogen (secondary N) is 2. The fourth-order valence-electron chi connectivity index (χ4n) is 6.35. The number of primary amides is 1. The Kier molecular flexibility index (Phi) is 5.83. The van der Waals surface area contributed by atoms with E-state index in [4.69, 9.17) is 17.3 Å². The topological polar surface area (TPSA) is 118 Å². The van der Waals surface area contributed by atoms with Gasteiger partial charge in [0.25, 0.3) is 0 Å². The van der Waals surface area contributed by atoms with Crippen LogP contribution in [0.4, 0.5) is 4.39 Å². The molecular weight excluding hydrogens is 457 g/mol. The molecule has 2 amide bonds. The lowest BCUT2D eigenvalue weighted by molar-refractivity contribution is -0.147. The van der Waals surface area contributed by atoms with Gasteiger partial charge in [0.15, 0.2) is 0 Å². The summed E-state index contributed by atoms with van der Waals surface area (Å²) >= 11 is 5.91. The smallest absolute Gasteiger partial charge is 0.242 e. The van der Waals surface area contributed by atoms with Crippen molar-refractivity contribution in [2.45, 2.75) is 68.8 Å². The zero-order valence-electron chi connectivity index (χ0n) is 18.2. The number of benzene rings is 1. The Morgan fingerprint density at radius 1 is 1.22 bits per heavy atom. The van der Waals surface area contributed by atoms with Crippen LogP contribution in [-0.2, 0) is 19.6 Å². The van der Waals surface area contributed by atoms with Gasteiger partial charge in [-0.2, -0.15) is 0 Å². The van der Waals surface area contributed by atoms with Crippen LogP contribution in [0.1, 0.15) is 52.4 Å². The highest BCUT2D eigenvalue weighted by atomic mass is 35.5. The highest BCUT2D eigenvalue weighted by Crippen LogP contribution is 2.59. The third kappa shape index (κ3) is 4.39. The first-order valence-corrected chi connectivity index (χ1v) is 12.7. The number of hydrogen-bond donors (Lipinski definition) is 3. The fraction of sp³-hybridized carbons (Fsp3) is 0.636. The normalized spacial score (nSPS) is 31.5. The zero-order valence-corrected chi connectivity index (χ0v) is 19.7. The molecule has 4 bridgehead atoms. The second-order valence-corrected chi connectivity index (χ2v) is 12.5. The number of carbonyl (C=O) groups excluding carboxylic acids is 2. The molecule has 0 aliphatic heterocycles. The van der Waals surface area contributed by atoms with Crippen molar-refractivity contribution in [2.24, 2.45) is 28.9 Å². The van der Waals surface area contributed by atoms with Crippen LogP contribution >= 0.6 is 11.6 Å². The molecule has 4 saturated carbocycles. The van der Waals surface area contributed by atoms with Gasteiger partial charge in [0.1, 0.15) is 10.7 Å². The van der Waals surface area contributed by atoms with E-state index in [9.17, 15) is 22.4 Å². The van der Waals surface area contributed by atoms with Crippen LogP contribution in [0.15, 0.2) is 23.1 Å². The molecule has 4 fully saturated rings. The minimum Gasteiger partial charge on any atom is -0.369 e. The van der Waals surface area contributed by atoms with Gasteiger partial charge in [-0.05, 0) is 81.9 Å². The molecule has 1 aromatic carbocycles. The molecule has 4 aliphatic rings. The molecule has 2 unspecified atom stereocenters. The summed E-state index contributed by atoms with van der Waals surface area (Å²) in [5.74, 6) is -0.200. The highest BCUT2D eigenvalue weighted by Gasteiger charge is 2.58. The molecule has 176 valence electrons. The van der Waals surface area contributed by atoms with Crippen molar-refractivity contribution in [2.75, 3.05) is 0 Å². The average molecular weight is 486 g/mol. The molecule has 4 N–H and O–H groups in total. The van der Waals surface area contributed by atoms with Crippen LogP contribution < -0.4 is 15.8 Å². The Morgan fingerprint density at radius 3 is 2.41 bits per heavy atom. The van der Waals surface area contributed by atoms with Gasteiger partial charge < -0.3 is 11.1 Å².